The Morgan fingerprint density at radius 2 is 0.761 bits per heavy atom. The van der Waals surface area contributed by atoms with Gasteiger partial charge in [-0.15, -0.1) is 0 Å². The van der Waals surface area contributed by atoms with E-state index in [1.807, 2.05) is 0 Å². The number of hydrogen-bond donors (Lipinski definition) is 0. The molecule has 0 amide bonds. The number of rotatable bonds is 7. The normalized spacial score (nSPS) is 11.7. The van der Waals surface area contributed by atoms with Crippen LogP contribution in [0.15, 0.2) is 255 Å². The molecule has 71 heavy (non-hydrogen) atoms. The fourth-order valence-corrected chi connectivity index (χ4v) is 10.8. The Labute approximate surface area is 410 Å². The summed E-state index contributed by atoms with van der Waals surface area (Å²) in [5.74, 6) is 1.83. The van der Waals surface area contributed by atoms with Crippen LogP contribution in [-0.2, 0) is 0 Å². The van der Waals surface area contributed by atoms with Gasteiger partial charge in [-0.05, 0) is 90.3 Å². The zero-order chi connectivity index (χ0) is 46.8. The minimum Gasteiger partial charge on any atom is -0.308 e. The molecule has 12 aromatic carbocycles. The second-order valence-electron chi connectivity index (χ2n) is 18.3. The highest BCUT2D eigenvalue weighted by Crippen LogP contribution is 2.47. The molecular formula is C67H42N4. The number of hydrogen-bond acceptors (Lipinski definition) is 3. The van der Waals surface area contributed by atoms with E-state index in [1.54, 1.807) is 0 Å². The van der Waals surface area contributed by atoms with Gasteiger partial charge in [-0.3, -0.25) is 0 Å². The van der Waals surface area contributed by atoms with E-state index in [1.165, 1.54) is 43.4 Å². The molecule has 14 aromatic rings. The SMILES string of the molecule is c1ccc(-c2ccc(-c3c(-n4c5cc6ccccc6cc5c5ccc6ccccc6c54)ccc(-c4nc(-c5ccc6ccccc6c5)nc(-c5cccc6ccccc56)n4)c3-c3ccccc3)cc2)cc1. The van der Waals surface area contributed by atoms with Gasteiger partial charge in [0.1, 0.15) is 0 Å². The van der Waals surface area contributed by atoms with Crippen LogP contribution >= 0.6 is 0 Å². The van der Waals surface area contributed by atoms with Crippen molar-refractivity contribution in [3.8, 4) is 73.2 Å². The summed E-state index contributed by atoms with van der Waals surface area (Å²) in [6, 6.07) is 91.6. The Hall–Kier alpha value is -9.51. The molecule has 0 radical (unpaired) electrons. The fraction of sp³-hybridized carbons (Fsp3) is 0. The molecule has 0 saturated heterocycles. The molecule has 330 valence electrons. The summed E-state index contributed by atoms with van der Waals surface area (Å²) in [6.45, 7) is 0. The molecule has 4 heteroatoms. The lowest BCUT2D eigenvalue weighted by Gasteiger charge is -2.22. The maximum atomic E-state index is 5.52. The summed E-state index contributed by atoms with van der Waals surface area (Å²) in [7, 11) is 0. The standard InChI is InChI=1S/C67H42N4/c1-3-16-43(17-4-1)45-30-33-49(34-31-45)63-60(71-61-42-52-25-10-9-24-51(52)41-59(61)56-37-36-47-20-12-14-28-55(47)64(56)71)39-38-58(62(63)48-21-5-2-6-22-48)67-69-65(53-35-32-44-18-7-8-23-50(44)40-53)68-66(70-67)57-29-15-26-46-19-11-13-27-54(46)57/h1-42H. The quantitative estimate of drug-likeness (QED) is 0.160. The molecule has 0 bridgehead atoms. The van der Waals surface area contributed by atoms with E-state index in [0.29, 0.717) is 17.5 Å². The van der Waals surface area contributed by atoms with Gasteiger partial charge in [0.05, 0.1) is 16.7 Å². The smallest absolute Gasteiger partial charge is 0.164 e. The van der Waals surface area contributed by atoms with Crippen LogP contribution in [-0.4, -0.2) is 19.5 Å². The predicted octanol–water partition coefficient (Wildman–Crippen LogP) is 17.6. The summed E-state index contributed by atoms with van der Waals surface area (Å²) in [5.41, 5.74) is 12.7. The third kappa shape index (κ3) is 6.88. The Morgan fingerprint density at radius 1 is 0.254 bits per heavy atom. The fourth-order valence-electron chi connectivity index (χ4n) is 10.8. The predicted molar refractivity (Wildman–Crippen MR) is 297 cm³/mol. The average Bonchev–Trinajstić information content (AvgIpc) is 3.77. The summed E-state index contributed by atoms with van der Waals surface area (Å²) < 4.78 is 2.52. The van der Waals surface area contributed by atoms with E-state index in [9.17, 15) is 0 Å². The highest BCUT2D eigenvalue weighted by atomic mass is 15.0. The van der Waals surface area contributed by atoms with Gasteiger partial charge in [0.25, 0.3) is 0 Å². The van der Waals surface area contributed by atoms with Crippen molar-refractivity contribution in [3.63, 3.8) is 0 Å². The molecular weight excluding hydrogens is 861 g/mol. The van der Waals surface area contributed by atoms with Crippen LogP contribution < -0.4 is 0 Å². The molecule has 0 spiro atoms. The van der Waals surface area contributed by atoms with Crippen LogP contribution in [0.4, 0.5) is 0 Å². The Morgan fingerprint density at radius 3 is 1.51 bits per heavy atom. The minimum absolute atomic E-state index is 0.595. The molecule has 0 fully saturated rings. The van der Waals surface area contributed by atoms with Crippen LogP contribution in [0, 0.1) is 0 Å². The van der Waals surface area contributed by atoms with Crippen molar-refractivity contribution in [1.82, 2.24) is 19.5 Å². The van der Waals surface area contributed by atoms with Gasteiger partial charge in [0.2, 0.25) is 0 Å². The van der Waals surface area contributed by atoms with Gasteiger partial charge in [0, 0.05) is 44.0 Å². The van der Waals surface area contributed by atoms with Gasteiger partial charge in [0.15, 0.2) is 17.5 Å². The first kappa shape index (κ1) is 40.5. The lowest BCUT2D eigenvalue weighted by atomic mass is 9.87. The highest BCUT2D eigenvalue weighted by molar-refractivity contribution is 6.21. The first-order valence-electron chi connectivity index (χ1n) is 24.2. The highest BCUT2D eigenvalue weighted by Gasteiger charge is 2.26. The number of fused-ring (bicyclic) bond motifs is 8. The van der Waals surface area contributed by atoms with Crippen molar-refractivity contribution < 1.29 is 0 Å². The Balaban J connectivity index is 1.12. The molecule has 0 aliphatic carbocycles. The molecule has 0 saturated carbocycles. The van der Waals surface area contributed by atoms with Crippen LogP contribution in [0.3, 0.4) is 0 Å². The Bertz CT molecular complexity index is 4380. The van der Waals surface area contributed by atoms with E-state index >= 15 is 0 Å². The van der Waals surface area contributed by atoms with Gasteiger partial charge < -0.3 is 4.57 Å². The van der Waals surface area contributed by atoms with Gasteiger partial charge in [-0.1, -0.05) is 224 Å². The van der Waals surface area contributed by atoms with Crippen molar-refractivity contribution in [2.24, 2.45) is 0 Å². The molecule has 0 aliphatic heterocycles. The summed E-state index contributed by atoms with van der Waals surface area (Å²) >= 11 is 0. The number of benzene rings is 12. The molecule has 4 nitrogen and oxygen atoms in total. The lowest BCUT2D eigenvalue weighted by molar-refractivity contribution is 1.08. The average molecular weight is 903 g/mol. The zero-order valence-electron chi connectivity index (χ0n) is 38.5. The van der Waals surface area contributed by atoms with E-state index in [2.05, 4.69) is 259 Å². The largest absolute Gasteiger partial charge is 0.308 e. The maximum absolute atomic E-state index is 5.52. The lowest BCUT2D eigenvalue weighted by Crippen LogP contribution is -2.05. The van der Waals surface area contributed by atoms with Crippen molar-refractivity contribution in [1.29, 1.82) is 0 Å². The van der Waals surface area contributed by atoms with Crippen LogP contribution in [0.25, 0.3) is 138 Å². The molecule has 2 aromatic heterocycles. The Kier molecular flexibility index (Phi) is 9.49. The zero-order valence-corrected chi connectivity index (χ0v) is 38.5. The third-order valence-electron chi connectivity index (χ3n) is 14.2. The first-order chi connectivity index (χ1) is 35.2. The maximum Gasteiger partial charge on any atom is 0.164 e. The van der Waals surface area contributed by atoms with Crippen LogP contribution in [0.2, 0.25) is 0 Å². The molecule has 14 rings (SSSR count). The van der Waals surface area contributed by atoms with Gasteiger partial charge >= 0.3 is 0 Å². The first-order valence-corrected chi connectivity index (χ1v) is 24.2. The molecule has 0 N–H and O–H groups in total. The van der Waals surface area contributed by atoms with Gasteiger partial charge in [-0.25, -0.2) is 15.0 Å². The van der Waals surface area contributed by atoms with E-state index < -0.39 is 0 Å². The minimum atomic E-state index is 0.595. The van der Waals surface area contributed by atoms with Crippen molar-refractivity contribution >= 4 is 64.9 Å². The summed E-state index contributed by atoms with van der Waals surface area (Å²) in [5, 5.41) is 11.7. The monoisotopic (exact) mass is 902 g/mol. The van der Waals surface area contributed by atoms with Gasteiger partial charge in [-0.2, -0.15) is 0 Å². The van der Waals surface area contributed by atoms with E-state index in [0.717, 1.165) is 77.3 Å². The molecule has 0 unspecified atom stereocenters. The summed E-state index contributed by atoms with van der Waals surface area (Å²) in [6.07, 6.45) is 0. The molecule has 0 atom stereocenters. The molecule has 2 heterocycles. The molecule has 0 aliphatic rings. The third-order valence-corrected chi connectivity index (χ3v) is 14.2. The van der Waals surface area contributed by atoms with Crippen LogP contribution in [0.5, 0.6) is 0 Å². The number of aromatic nitrogens is 4. The number of nitrogens with zero attached hydrogens (tertiary/aromatic N) is 4. The van der Waals surface area contributed by atoms with Crippen molar-refractivity contribution in [3.05, 3.63) is 255 Å². The van der Waals surface area contributed by atoms with Crippen molar-refractivity contribution in [2.75, 3.05) is 0 Å². The van der Waals surface area contributed by atoms with Crippen LogP contribution in [0.1, 0.15) is 0 Å². The van der Waals surface area contributed by atoms with E-state index in [4.69, 9.17) is 15.0 Å². The second kappa shape index (κ2) is 16.6. The second-order valence-corrected chi connectivity index (χ2v) is 18.3. The van der Waals surface area contributed by atoms with Crippen molar-refractivity contribution in [2.45, 2.75) is 0 Å². The topological polar surface area (TPSA) is 43.6 Å². The van der Waals surface area contributed by atoms with E-state index in [-0.39, 0.29) is 0 Å². The summed E-state index contributed by atoms with van der Waals surface area (Å²) in [4.78, 5) is 16.4.